The number of benzene rings is 1. The van der Waals surface area contributed by atoms with Gasteiger partial charge in [0.15, 0.2) is 0 Å². The van der Waals surface area contributed by atoms with Crippen LogP contribution in [0, 0.1) is 0 Å². The molecule has 0 heterocycles. The Balaban J connectivity index is 2.30. The lowest BCUT2D eigenvalue weighted by Gasteiger charge is -2.30. The number of halogens is 3. The predicted molar refractivity (Wildman–Crippen MR) is 70.9 cm³/mol. The van der Waals surface area contributed by atoms with Gasteiger partial charge in [-0.15, -0.1) is 0 Å². The van der Waals surface area contributed by atoms with Crippen LogP contribution < -0.4 is 5.30 Å². The van der Waals surface area contributed by atoms with Crippen molar-refractivity contribution in [3.63, 3.8) is 0 Å². The topological polar surface area (TPSA) is 17.1 Å². The van der Waals surface area contributed by atoms with Crippen molar-refractivity contribution in [3.8, 4) is 0 Å². The Bertz CT molecular complexity index is 424. The summed E-state index contributed by atoms with van der Waals surface area (Å²) in [4.78, 5) is 11.8. The highest BCUT2D eigenvalue weighted by atomic mass is 31.1. The van der Waals surface area contributed by atoms with Crippen molar-refractivity contribution in [2.24, 2.45) is 0 Å². The summed E-state index contributed by atoms with van der Waals surface area (Å²) < 4.78 is 38.4. The maximum atomic E-state index is 12.8. The summed E-state index contributed by atoms with van der Waals surface area (Å²) in [5, 5.41) is 0.562. The second-order valence-corrected chi connectivity index (χ2v) is 7.19. The van der Waals surface area contributed by atoms with Crippen LogP contribution in [0.15, 0.2) is 30.3 Å². The molecule has 0 aliphatic heterocycles. The molecule has 0 aromatic heterocycles. The van der Waals surface area contributed by atoms with Gasteiger partial charge in [-0.1, -0.05) is 49.6 Å². The van der Waals surface area contributed by atoms with E-state index in [0.29, 0.717) is 5.30 Å². The third-order valence-corrected chi connectivity index (χ3v) is 6.23. The van der Waals surface area contributed by atoms with Crippen molar-refractivity contribution in [1.82, 2.24) is 0 Å². The fourth-order valence-electron chi connectivity index (χ4n) is 2.56. The third-order valence-electron chi connectivity index (χ3n) is 3.44. The summed E-state index contributed by atoms with van der Waals surface area (Å²) >= 11 is 0. The van der Waals surface area contributed by atoms with Gasteiger partial charge in [-0.25, -0.2) is 0 Å². The minimum atomic E-state index is -4.72. The first-order valence-corrected chi connectivity index (χ1v) is 7.86. The number of alkyl halides is 3. The third kappa shape index (κ3) is 3.56. The van der Waals surface area contributed by atoms with E-state index in [0.717, 1.165) is 32.1 Å². The molecule has 1 aliphatic rings. The van der Waals surface area contributed by atoms with Crippen molar-refractivity contribution in [2.75, 3.05) is 0 Å². The molecule has 1 unspecified atom stereocenters. The monoisotopic (exact) mass is 288 g/mol. The Labute approximate surface area is 112 Å². The Kier molecular flexibility index (Phi) is 4.62. The second kappa shape index (κ2) is 6.04. The molecule has 1 aliphatic carbocycles. The molecule has 5 heteroatoms. The van der Waals surface area contributed by atoms with Crippen molar-refractivity contribution in [1.29, 1.82) is 0 Å². The molecule has 1 saturated carbocycles. The minimum Gasteiger partial charge on any atom is -0.284 e. The number of carbonyl (C=O) groups is 1. The predicted octanol–water partition coefficient (Wildman–Crippen LogP) is 4.22. The van der Waals surface area contributed by atoms with Gasteiger partial charge in [0.05, 0.1) is 0 Å². The first-order chi connectivity index (χ1) is 9.00. The summed E-state index contributed by atoms with van der Waals surface area (Å²) in [6, 6.07) is 8.48. The maximum absolute atomic E-state index is 12.8. The molecular formula is C14H16F3OP. The molecule has 0 amide bonds. The number of hydrogen-bond acceptors (Lipinski definition) is 1. The average Bonchev–Trinajstić information content (AvgIpc) is 2.40. The molecule has 0 radical (unpaired) electrons. The highest BCUT2D eigenvalue weighted by molar-refractivity contribution is 7.82. The Morgan fingerprint density at radius 1 is 1.05 bits per heavy atom. The number of carbonyl (C=O) groups excluding carboxylic acids is 1. The van der Waals surface area contributed by atoms with Crippen LogP contribution in [0.2, 0.25) is 0 Å². The van der Waals surface area contributed by atoms with Crippen molar-refractivity contribution in [2.45, 2.75) is 43.9 Å². The van der Waals surface area contributed by atoms with Crippen LogP contribution in [0.4, 0.5) is 13.2 Å². The SMILES string of the molecule is O=C(P(c1ccccc1)C1CCCCC1)C(F)(F)F. The summed E-state index contributed by atoms with van der Waals surface area (Å²) in [7, 11) is -1.79. The van der Waals surface area contributed by atoms with E-state index in [-0.39, 0.29) is 5.66 Å². The van der Waals surface area contributed by atoms with Crippen LogP contribution in [0.25, 0.3) is 0 Å². The maximum Gasteiger partial charge on any atom is 0.454 e. The van der Waals surface area contributed by atoms with Crippen molar-refractivity contribution < 1.29 is 18.0 Å². The second-order valence-electron chi connectivity index (χ2n) is 4.80. The van der Waals surface area contributed by atoms with E-state index in [1.165, 1.54) is 0 Å². The fraction of sp³-hybridized carbons (Fsp3) is 0.500. The highest BCUT2D eigenvalue weighted by Crippen LogP contribution is 2.51. The van der Waals surface area contributed by atoms with E-state index >= 15 is 0 Å². The minimum absolute atomic E-state index is 0.111. The molecule has 0 N–H and O–H groups in total. The first kappa shape index (κ1) is 14.5. The van der Waals surface area contributed by atoms with Crippen LogP contribution >= 0.6 is 7.92 Å². The number of rotatable bonds is 3. The van der Waals surface area contributed by atoms with E-state index in [1.54, 1.807) is 30.3 Å². The fourth-order valence-corrected chi connectivity index (χ4v) is 5.19. The van der Waals surface area contributed by atoms with Gasteiger partial charge in [0, 0.05) is 7.92 Å². The van der Waals surface area contributed by atoms with E-state index in [2.05, 4.69) is 0 Å². The highest BCUT2D eigenvalue weighted by Gasteiger charge is 2.46. The van der Waals surface area contributed by atoms with E-state index in [4.69, 9.17) is 0 Å². The van der Waals surface area contributed by atoms with Crippen LogP contribution in [-0.4, -0.2) is 17.4 Å². The Morgan fingerprint density at radius 3 is 2.16 bits per heavy atom. The van der Waals surface area contributed by atoms with Gasteiger partial charge >= 0.3 is 6.18 Å². The van der Waals surface area contributed by atoms with Gasteiger partial charge < -0.3 is 0 Å². The van der Waals surface area contributed by atoms with Gasteiger partial charge in [0.2, 0.25) is 0 Å². The standard InChI is InChI=1S/C14H16F3OP/c15-14(16,17)13(18)19(11-7-3-1-4-8-11)12-9-5-2-6-10-12/h1,3-4,7-8,12H,2,5-6,9-10H2. The van der Waals surface area contributed by atoms with E-state index in [9.17, 15) is 18.0 Å². The molecular weight excluding hydrogens is 272 g/mol. The van der Waals surface area contributed by atoms with Gasteiger partial charge in [-0.2, -0.15) is 13.2 Å². The molecule has 2 rings (SSSR count). The molecule has 1 aromatic carbocycles. The van der Waals surface area contributed by atoms with Crippen molar-refractivity contribution >= 4 is 18.8 Å². The van der Waals surface area contributed by atoms with E-state index in [1.807, 2.05) is 0 Å². The van der Waals surface area contributed by atoms with Crippen molar-refractivity contribution in [3.05, 3.63) is 30.3 Å². The molecule has 1 atom stereocenters. The molecule has 1 aromatic rings. The van der Waals surface area contributed by atoms with Gasteiger partial charge in [-0.05, 0) is 23.8 Å². The lowest BCUT2D eigenvalue weighted by Crippen LogP contribution is -2.30. The molecule has 104 valence electrons. The first-order valence-electron chi connectivity index (χ1n) is 6.45. The number of hydrogen-bond donors (Lipinski definition) is 0. The zero-order valence-corrected chi connectivity index (χ0v) is 11.4. The smallest absolute Gasteiger partial charge is 0.284 e. The van der Waals surface area contributed by atoms with Gasteiger partial charge in [-0.3, -0.25) is 4.79 Å². The van der Waals surface area contributed by atoms with Crippen LogP contribution in [0.5, 0.6) is 0 Å². The van der Waals surface area contributed by atoms with Crippen LogP contribution in [-0.2, 0) is 4.79 Å². The molecule has 0 saturated heterocycles. The average molecular weight is 288 g/mol. The molecule has 1 nitrogen and oxygen atoms in total. The summed E-state index contributed by atoms with van der Waals surface area (Å²) in [5.41, 5.74) is -1.64. The molecule has 0 bridgehead atoms. The zero-order valence-electron chi connectivity index (χ0n) is 10.5. The van der Waals surface area contributed by atoms with E-state index < -0.39 is 19.6 Å². The quantitative estimate of drug-likeness (QED) is 0.761. The molecule has 19 heavy (non-hydrogen) atoms. The summed E-state index contributed by atoms with van der Waals surface area (Å²) in [6.45, 7) is 0. The largest absolute Gasteiger partial charge is 0.454 e. The summed E-state index contributed by atoms with van der Waals surface area (Å²) in [6.07, 6.45) is -0.318. The normalized spacial score (nSPS) is 19.1. The Morgan fingerprint density at radius 2 is 1.63 bits per heavy atom. The molecule has 0 spiro atoms. The van der Waals surface area contributed by atoms with Crippen LogP contribution in [0.1, 0.15) is 32.1 Å². The zero-order chi connectivity index (χ0) is 13.9. The van der Waals surface area contributed by atoms with Gasteiger partial charge in [0.1, 0.15) is 0 Å². The summed E-state index contributed by atoms with van der Waals surface area (Å²) in [5.74, 6) is 0. The van der Waals surface area contributed by atoms with Crippen LogP contribution in [0.3, 0.4) is 0 Å². The lowest BCUT2D eigenvalue weighted by atomic mass is 10.0. The lowest BCUT2D eigenvalue weighted by molar-refractivity contribution is -0.161. The Hall–Kier alpha value is -0.890. The molecule has 1 fully saturated rings. The van der Waals surface area contributed by atoms with Gasteiger partial charge in [0.25, 0.3) is 5.52 Å².